The van der Waals surface area contributed by atoms with Crippen molar-refractivity contribution in [3.05, 3.63) is 71.3 Å². The maximum Gasteiger partial charge on any atom is 0.330 e. The minimum atomic E-state index is -0.374. The largest absolute Gasteiger partial charge is 0.463 e. The third-order valence-electron chi connectivity index (χ3n) is 4.98. The molecular weight excluding hydrogens is 392 g/mol. The summed E-state index contributed by atoms with van der Waals surface area (Å²) in [5.74, 6) is -0.532. The standard InChI is InChI=1S/C25H30N2O4/c1-4-30-24(28)14-9-20-7-12-23(13-8-20)26-25(29)22-10-5-21(6-11-22)17-27-15-18(2)31-19(3)16-27/h5-14,18-19H,4,15-17H2,1-3H3,(H,26,29)/b14-9+. The average molecular weight is 423 g/mol. The van der Waals surface area contributed by atoms with Crippen LogP contribution in [-0.4, -0.2) is 48.7 Å². The lowest BCUT2D eigenvalue weighted by Gasteiger charge is -2.35. The van der Waals surface area contributed by atoms with E-state index in [0.29, 0.717) is 17.9 Å². The van der Waals surface area contributed by atoms with Crippen molar-refractivity contribution in [1.82, 2.24) is 4.90 Å². The Kier molecular flexibility index (Phi) is 7.98. The van der Waals surface area contributed by atoms with Crippen LogP contribution in [0.15, 0.2) is 54.6 Å². The van der Waals surface area contributed by atoms with Gasteiger partial charge in [-0.2, -0.15) is 0 Å². The lowest BCUT2D eigenvalue weighted by molar-refractivity contribution is -0.137. The SMILES string of the molecule is CCOC(=O)/C=C/c1ccc(NC(=O)c2ccc(CN3CC(C)OC(C)C3)cc2)cc1. The number of morpholine rings is 1. The first kappa shape index (κ1) is 22.7. The van der Waals surface area contributed by atoms with Gasteiger partial charge in [0.05, 0.1) is 18.8 Å². The second-order valence-electron chi connectivity index (χ2n) is 7.81. The van der Waals surface area contributed by atoms with Crippen LogP contribution in [-0.2, 0) is 20.8 Å². The fraction of sp³-hybridized carbons (Fsp3) is 0.360. The van der Waals surface area contributed by atoms with E-state index in [2.05, 4.69) is 24.1 Å². The first-order chi connectivity index (χ1) is 14.9. The van der Waals surface area contributed by atoms with Crippen LogP contribution >= 0.6 is 0 Å². The first-order valence-corrected chi connectivity index (χ1v) is 10.7. The zero-order valence-electron chi connectivity index (χ0n) is 18.3. The summed E-state index contributed by atoms with van der Waals surface area (Å²) >= 11 is 0. The van der Waals surface area contributed by atoms with Crippen LogP contribution in [0.3, 0.4) is 0 Å². The summed E-state index contributed by atoms with van der Waals surface area (Å²) in [7, 11) is 0. The highest BCUT2D eigenvalue weighted by Gasteiger charge is 2.22. The molecule has 2 aromatic carbocycles. The van der Waals surface area contributed by atoms with Gasteiger partial charge in [-0.15, -0.1) is 0 Å². The van der Waals surface area contributed by atoms with E-state index in [1.807, 2.05) is 36.4 Å². The molecule has 0 saturated carbocycles. The number of esters is 1. The van der Waals surface area contributed by atoms with Crippen LogP contribution in [0.2, 0.25) is 0 Å². The van der Waals surface area contributed by atoms with E-state index in [1.165, 1.54) is 11.6 Å². The predicted molar refractivity (Wildman–Crippen MR) is 122 cm³/mol. The minimum Gasteiger partial charge on any atom is -0.463 e. The molecule has 164 valence electrons. The highest BCUT2D eigenvalue weighted by molar-refractivity contribution is 6.04. The molecule has 1 N–H and O–H groups in total. The second-order valence-corrected chi connectivity index (χ2v) is 7.81. The van der Waals surface area contributed by atoms with Crippen LogP contribution in [0.1, 0.15) is 42.3 Å². The van der Waals surface area contributed by atoms with Crippen molar-refractivity contribution in [2.45, 2.75) is 39.5 Å². The summed E-state index contributed by atoms with van der Waals surface area (Å²) in [6, 6.07) is 15.0. The number of anilines is 1. The molecule has 6 heteroatoms. The van der Waals surface area contributed by atoms with E-state index < -0.39 is 0 Å². The van der Waals surface area contributed by atoms with Gasteiger partial charge in [-0.3, -0.25) is 9.69 Å². The zero-order chi connectivity index (χ0) is 22.2. The van der Waals surface area contributed by atoms with Crippen LogP contribution in [0.5, 0.6) is 0 Å². The number of amides is 1. The van der Waals surface area contributed by atoms with E-state index in [4.69, 9.17) is 9.47 Å². The number of hydrogen-bond acceptors (Lipinski definition) is 5. The molecule has 0 bridgehead atoms. The van der Waals surface area contributed by atoms with Gasteiger partial charge < -0.3 is 14.8 Å². The number of benzene rings is 2. The molecule has 1 aliphatic heterocycles. The van der Waals surface area contributed by atoms with Crippen molar-refractivity contribution in [3.8, 4) is 0 Å². The fourth-order valence-electron chi connectivity index (χ4n) is 3.67. The molecule has 1 saturated heterocycles. The van der Waals surface area contributed by atoms with Crippen molar-refractivity contribution >= 4 is 23.6 Å². The van der Waals surface area contributed by atoms with Gasteiger partial charge in [0, 0.05) is 37.0 Å². The van der Waals surface area contributed by atoms with Crippen molar-refractivity contribution in [2.24, 2.45) is 0 Å². The normalized spacial score (nSPS) is 19.3. The van der Waals surface area contributed by atoms with E-state index in [-0.39, 0.29) is 24.1 Å². The van der Waals surface area contributed by atoms with Gasteiger partial charge >= 0.3 is 5.97 Å². The summed E-state index contributed by atoms with van der Waals surface area (Å²) < 4.78 is 10.6. The molecule has 6 nitrogen and oxygen atoms in total. The monoisotopic (exact) mass is 422 g/mol. The Balaban J connectivity index is 1.54. The molecule has 1 heterocycles. The van der Waals surface area contributed by atoms with Crippen LogP contribution in [0.25, 0.3) is 6.08 Å². The molecule has 31 heavy (non-hydrogen) atoms. The Labute approximate surface area is 183 Å². The molecule has 0 aromatic heterocycles. The van der Waals surface area contributed by atoms with Gasteiger partial charge in [0.2, 0.25) is 0 Å². The number of ether oxygens (including phenoxy) is 2. The van der Waals surface area contributed by atoms with Gasteiger partial charge in [0.25, 0.3) is 5.91 Å². The second kappa shape index (κ2) is 10.9. The maximum atomic E-state index is 12.6. The van der Waals surface area contributed by atoms with Gasteiger partial charge in [-0.25, -0.2) is 4.79 Å². The molecule has 2 aromatic rings. The number of hydrogen-bond donors (Lipinski definition) is 1. The van der Waals surface area contributed by atoms with E-state index in [9.17, 15) is 9.59 Å². The Morgan fingerprint density at radius 2 is 1.71 bits per heavy atom. The third kappa shape index (κ3) is 7.05. The van der Waals surface area contributed by atoms with Crippen molar-refractivity contribution < 1.29 is 19.1 Å². The maximum absolute atomic E-state index is 12.6. The summed E-state index contributed by atoms with van der Waals surface area (Å²) in [6.45, 7) is 8.98. The smallest absolute Gasteiger partial charge is 0.330 e. The average Bonchev–Trinajstić information content (AvgIpc) is 2.73. The topological polar surface area (TPSA) is 67.9 Å². The Morgan fingerprint density at radius 1 is 1.06 bits per heavy atom. The Hall–Kier alpha value is -2.96. The van der Waals surface area contributed by atoms with Crippen LogP contribution in [0.4, 0.5) is 5.69 Å². The minimum absolute atomic E-state index is 0.157. The summed E-state index contributed by atoms with van der Waals surface area (Å²) in [6.07, 6.45) is 3.54. The highest BCUT2D eigenvalue weighted by Crippen LogP contribution is 2.16. The molecule has 1 aliphatic rings. The number of carbonyl (C=O) groups is 2. The molecule has 2 atom stereocenters. The van der Waals surface area contributed by atoms with Gasteiger partial charge in [0.1, 0.15) is 0 Å². The summed E-state index contributed by atoms with van der Waals surface area (Å²) in [5.41, 5.74) is 3.33. The highest BCUT2D eigenvalue weighted by atomic mass is 16.5. The van der Waals surface area contributed by atoms with E-state index in [0.717, 1.165) is 25.2 Å². The molecule has 0 radical (unpaired) electrons. The third-order valence-corrected chi connectivity index (χ3v) is 4.98. The van der Waals surface area contributed by atoms with Gasteiger partial charge in [-0.1, -0.05) is 24.3 Å². The molecule has 0 aliphatic carbocycles. The van der Waals surface area contributed by atoms with Crippen LogP contribution in [0, 0.1) is 0 Å². The van der Waals surface area contributed by atoms with E-state index >= 15 is 0 Å². The predicted octanol–water partition coefficient (Wildman–Crippen LogP) is 4.12. The number of carbonyl (C=O) groups excluding carboxylic acids is 2. The molecule has 0 spiro atoms. The lowest BCUT2D eigenvalue weighted by Crippen LogP contribution is -2.44. The molecule has 1 fully saturated rings. The van der Waals surface area contributed by atoms with Crippen molar-refractivity contribution in [3.63, 3.8) is 0 Å². The zero-order valence-corrected chi connectivity index (χ0v) is 18.3. The number of nitrogens with zero attached hydrogens (tertiary/aromatic N) is 1. The molecule has 3 rings (SSSR count). The molecule has 1 amide bonds. The van der Waals surface area contributed by atoms with Crippen LogP contribution < -0.4 is 5.32 Å². The summed E-state index contributed by atoms with van der Waals surface area (Å²) in [4.78, 5) is 26.3. The molecular formula is C25H30N2O4. The fourth-order valence-corrected chi connectivity index (χ4v) is 3.67. The van der Waals surface area contributed by atoms with Crippen molar-refractivity contribution in [2.75, 3.05) is 25.0 Å². The quantitative estimate of drug-likeness (QED) is 0.537. The van der Waals surface area contributed by atoms with Gasteiger partial charge in [-0.05, 0) is 62.2 Å². The number of rotatable bonds is 7. The first-order valence-electron chi connectivity index (χ1n) is 10.7. The van der Waals surface area contributed by atoms with Gasteiger partial charge in [0.15, 0.2) is 0 Å². The van der Waals surface area contributed by atoms with E-state index in [1.54, 1.807) is 25.1 Å². The Morgan fingerprint density at radius 3 is 2.32 bits per heavy atom. The lowest BCUT2D eigenvalue weighted by atomic mass is 10.1. The Bertz CT molecular complexity index is 896. The van der Waals surface area contributed by atoms with Crippen molar-refractivity contribution in [1.29, 1.82) is 0 Å². The number of nitrogens with one attached hydrogen (secondary N) is 1. The summed E-state index contributed by atoms with van der Waals surface area (Å²) in [5, 5.41) is 2.90. The molecule has 2 unspecified atom stereocenters.